The van der Waals surface area contributed by atoms with E-state index in [0.29, 0.717) is 0 Å². The molecule has 4 rings (SSSR count). The minimum absolute atomic E-state index is 0.735. The van der Waals surface area contributed by atoms with Crippen LogP contribution in [0, 0.1) is 46.3 Å². The third-order valence-corrected chi connectivity index (χ3v) is 7.59. The summed E-state index contributed by atoms with van der Waals surface area (Å²) >= 11 is 0. The average Bonchev–Trinajstić information content (AvgIpc) is 2.88. The molecule has 0 N–H and O–H groups in total. The summed E-state index contributed by atoms with van der Waals surface area (Å²) < 4.78 is 0. The van der Waals surface area contributed by atoms with Crippen molar-refractivity contribution in [2.45, 2.75) is 59.8 Å². The topological polar surface area (TPSA) is 0 Å². The second-order valence-corrected chi connectivity index (χ2v) is 8.79. The second kappa shape index (κ2) is 2.94. The van der Waals surface area contributed by atoms with Crippen LogP contribution < -0.4 is 0 Å². The van der Waals surface area contributed by atoms with Gasteiger partial charge in [0.15, 0.2) is 0 Å². The lowest BCUT2D eigenvalue weighted by Crippen LogP contribution is -2.18. The van der Waals surface area contributed by atoms with Crippen molar-refractivity contribution in [1.29, 1.82) is 0 Å². The van der Waals surface area contributed by atoms with Crippen LogP contribution in [0.4, 0.5) is 0 Å². The molecule has 4 saturated carbocycles. The van der Waals surface area contributed by atoms with Crippen LogP contribution in [0.5, 0.6) is 0 Å². The van der Waals surface area contributed by atoms with Gasteiger partial charge in [-0.05, 0) is 72.0 Å². The van der Waals surface area contributed by atoms with E-state index in [4.69, 9.17) is 0 Å². The Labute approximate surface area is 107 Å². The molecule has 0 aliphatic heterocycles. The molecular weight excluding hydrogens is 204 g/mol. The standard InChI is InChI=1S/C17H28/c1-10-5-6-12-13(17(12,4)9-10)7-11-8-14-15(11)16(14,2)3/h10-15H,5-9H2,1-4H3. The van der Waals surface area contributed by atoms with E-state index >= 15 is 0 Å². The van der Waals surface area contributed by atoms with Crippen LogP contribution in [0.15, 0.2) is 0 Å². The van der Waals surface area contributed by atoms with Crippen molar-refractivity contribution in [3.05, 3.63) is 0 Å². The molecule has 4 fully saturated rings. The van der Waals surface area contributed by atoms with E-state index in [0.717, 1.165) is 46.3 Å². The van der Waals surface area contributed by atoms with Crippen molar-refractivity contribution in [3.63, 3.8) is 0 Å². The highest BCUT2D eigenvalue weighted by Crippen LogP contribution is 2.77. The summed E-state index contributed by atoms with van der Waals surface area (Å²) in [6.07, 6.45) is 7.77. The molecule has 7 unspecified atom stereocenters. The van der Waals surface area contributed by atoms with E-state index in [1.807, 2.05) is 0 Å². The Hall–Kier alpha value is 0. The van der Waals surface area contributed by atoms with Gasteiger partial charge in [0, 0.05) is 0 Å². The SMILES string of the molecule is CC1CCC2C(CC3CC4C3C4(C)C)C2(C)C1. The molecule has 0 radical (unpaired) electrons. The maximum absolute atomic E-state index is 2.60. The van der Waals surface area contributed by atoms with E-state index in [2.05, 4.69) is 27.7 Å². The summed E-state index contributed by atoms with van der Waals surface area (Å²) in [5.74, 6) is 6.63. The largest absolute Gasteiger partial charge is 0.0625 e. The van der Waals surface area contributed by atoms with Gasteiger partial charge in [-0.1, -0.05) is 34.1 Å². The third kappa shape index (κ3) is 1.25. The lowest BCUT2D eigenvalue weighted by atomic mass is 9.79. The van der Waals surface area contributed by atoms with Gasteiger partial charge in [0.25, 0.3) is 0 Å². The summed E-state index contributed by atoms with van der Waals surface area (Å²) in [5.41, 5.74) is 1.51. The van der Waals surface area contributed by atoms with Gasteiger partial charge in [0.1, 0.15) is 0 Å². The van der Waals surface area contributed by atoms with Gasteiger partial charge in [-0.15, -0.1) is 0 Å². The maximum atomic E-state index is 2.60. The first-order chi connectivity index (χ1) is 7.94. The molecule has 0 aromatic rings. The molecule has 0 bridgehead atoms. The van der Waals surface area contributed by atoms with Crippen molar-refractivity contribution < 1.29 is 0 Å². The second-order valence-electron chi connectivity index (χ2n) is 8.79. The van der Waals surface area contributed by atoms with Crippen molar-refractivity contribution in [1.82, 2.24) is 0 Å². The van der Waals surface area contributed by atoms with Crippen molar-refractivity contribution in [2.24, 2.45) is 46.3 Å². The fraction of sp³-hybridized carbons (Fsp3) is 1.00. The minimum atomic E-state index is 0.735. The van der Waals surface area contributed by atoms with Crippen molar-refractivity contribution >= 4 is 0 Å². The molecular formula is C17H28. The van der Waals surface area contributed by atoms with Crippen molar-refractivity contribution in [3.8, 4) is 0 Å². The molecule has 0 nitrogen and oxygen atoms in total. The first kappa shape index (κ1) is 10.9. The molecule has 0 heteroatoms. The Morgan fingerprint density at radius 3 is 2.35 bits per heavy atom. The highest BCUT2D eigenvalue weighted by Gasteiger charge is 2.70. The fourth-order valence-electron chi connectivity index (χ4n) is 6.37. The molecule has 7 atom stereocenters. The van der Waals surface area contributed by atoms with Gasteiger partial charge < -0.3 is 0 Å². The van der Waals surface area contributed by atoms with Crippen molar-refractivity contribution in [2.75, 3.05) is 0 Å². The lowest BCUT2D eigenvalue weighted by Gasteiger charge is -2.26. The number of rotatable bonds is 2. The number of hydrogen-bond acceptors (Lipinski definition) is 0. The van der Waals surface area contributed by atoms with E-state index in [1.54, 1.807) is 19.3 Å². The van der Waals surface area contributed by atoms with Crippen LogP contribution in [0.1, 0.15) is 59.8 Å². The van der Waals surface area contributed by atoms with E-state index in [1.165, 1.54) is 12.8 Å². The maximum Gasteiger partial charge on any atom is -0.0261 e. The van der Waals surface area contributed by atoms with Crippen LogP contribution in [0.25, 0.3) is 0 Å². The van der Waals surface area contributed by atoms with Gasteiger partial charge in [-0.2, -0.15) is 0 Å². The van der Waals surface area contributed by atoms with Crippen LogP contribution >= 0.6 is 0 Å². The van der Waals surface area contributed by atoms with E-state index in [-0.39, 0.29) is 0 Å². The summed E-state index contributed by atoms with van der Waals surface area (Å²) in [5, 5.41) is 0. The quantitative estimate of drug-likeness (QED) is 0.645. The number of fused-ring (bicyclic) bond motifs is 2. The molecule has 0 heterocycles. The Morgan fingerprint density at radius 2 is 1.82 bits per heavy atom. The smallest absolute Gasteiger partial charge is 0.0261 e. The molecule has 4 aliphatic carbocycles. The van der Waals surface area contributed by atoms with E-state index < -0.39 is 0 Å². The van der Waals surface area contributed by atoms with E-state index in [9.17, 15) is 0 Å². The molecule has 96 valence electrons. The van der Waals surface area contributed by atoms with Crippen LogP contribution in [0.3, 0.4) is 0 Å². The van der Waals surface area contributed by atoms with Crippen LogP contribution in [0.2, 0.25) is 0 Å². The fourth-order valence-corrected chi connectivity index (χ4v) is 6.37. The highest BCUT2D eigenvalue weighted by atomic mass is 14.8. The predicted molar refractivity (Wildman–Crippen MR) is 71.6 cm³/mol. The predicted octanol–water partition coefficient (Wildman–Crippen LogP) is 4.74. The summed E-state index contributed by atoms with van der Waals surface area (Å²) in [6, 6.07) is 0. The Bertz CT molecular complexity index is 355. The Morgan fingerprint density at radius 1 is 1.06 bits per heavy atom. The monoisotopic (exact) mass is 232 g/mol. The Balaban J connectivity index is 1.40. The highest BCUT2D eigenvalue weighted by molar-refractivity contribution is 5.19. The summed E-state index contributed by atoms with van der Waals surface area (Å²) in [7, 11) is 0. The van der Waals surface area contributed by atoms with Gasteiger partial charge in [0.2, 0.25) is 0 Å². The van der Waals surface area contributed by atoms with Gasteiger partial charge in [-0.3, -0.25) is 0 Å². The van der Waals surface area contributed by atoms with Gasteiger partial charge >= 0.3 is 0 Å². The molecule has 0 spiro atoms. The Kier molecular flexibility index (Phi) is 1.88. The first-order valence-corrected chi connectivity index (χ1v) is 7.94. The number of hydrogen-bond donors (Lipinski definition) is 0. The summed E-state index contributed by atoms with van der Waals surface area (Å²) in [6.45, 7) is 10.1. The zero-order valence-electron chi connectivity index (χ0n) is 12.0. The first-order valence-electron chi connectivity index (χ1n) is 7.94. The normalized spacial score (nSPS) is 62.1. The molecule has 0 aromatic carbocycles. The average molecular weight is 232 g/mol. The van der Waals surface area contributed by atoms with Crippen LogP contribution in [-0.2, 0) is 0 Å². The zero-order chi connectivity index (χ0) is 12.0. The minimum Gasteiger partial charge on any atom is -0.0625 e. The van der Waals surface area contributed by atoms with Gasteiger partial charge in [-0.25, -0.2) is 0 Å². The summed E-state index contributed by atoms with van der Waals surface area (Å²) in [4.78, 5) is 0. The third-order valence-electron chi connectivity index (χ3n) is 7.59. The van der Waals surface area contributed by atoms with Gasteiger partial charge in [0.05, 0.1) is 0 Å². The molecule has 0 amide bonds. The molecule has 17 heavy (non-hydrogen) atoms. The molecule has 0 aromatic heterocycles. The molecule has 4 aliphatic rings. The zero-order valence-corrected chi connectivity index (χ0v) is 12.0. The molecule has 0 saturated heterocycles. The lowest BCUT2D eigenvalue weighted by molar-refractivity contribution is 0.234. The van der Waals surface area contributed by atoms with Crippen LogP contribution in [-0.4, -0.2) is 0 Å².